The number of pyridine rings is 2. The molecule has 0 unspecified atom stereocenters. The number of anilines is 1. The summed E-state index contributed by atoms with van der Waals surface area (Å²) in [5, 5.41) is 1.55. The minimum Gasteiger partial charge on any atom is -0.354 e. The maximum atomic E-state index is 13.4. The van der Waals surface area contributed by atoms with Gasteiger partial charge in [-0.15, -0.1) is 0 Å². The molecule has 0 atom stereocenters. The standard InChI is InChI=1S/C29H31ClN4O/c1-19(2)32-14-16-33(17-15-32)26-18-25-23(28(31-26)22-10-5-6-11-24(22)30)12-13-27(35)34(25)29-20(3)8-7-9-21(29)4/h5-13,18-19H,14-17H2,1-4H3. The van der Waals surface area contributed by atoms with Crippen LogP contribution in [0.1, 0.15) is 25.0 Å². The highest BCUT2D eigenvalue weighted by Crippen LogP contribution is 2.35. The van der Waals surface area contributed by atoms with E-state index >= 15 is 0 Å². The van der Waals surface area contributed by atoms with Crippen LogP contribution < -0.4 is 10.5 Å². The molecule has 0 bridgehead atoms. The second-order valence-electron chi connectivity index (χ2n) is 9.61. The van der Waals surface area contributed by atoms with Crippen LogP contribution in [0.4, 0.5) is 5.82 Å². The fourth-order valence-electron chi connectivity index (χ4n) is 5.10. The number of halogens is 1. The molecule has 1 fully saturated rings. The summed E-state index contributed by atoms with van der Waals surface area (Å²) < 4.78 is 1.84. The first-order chi connectivity index (χ1) is 16.8. The lowest BCUT2D eigenvalue weighted by atomic mass is 10.0. The van der Waals surface area contributed by atoms with Crippen molar-refractivity contribution in [2.45, 2.75) is 33.7 Å². The van der Waals surface area contributed by atoms with Crippen LogP contribution in [0.25, 0.3) is 27.8 Å². The number of nitrogens with zero attached hydrogens (tertiary/aromatic N) is 4. The van der Waals surface area contributed by atoms with Gasteiger partial charge in [0, 0.05) is 60.3 Å². The molecule has 0 aliphatic carbocycles. The number of aryl methyl sites for hydroxylation is 2. The molecule has 5 rings (SSSR count). The van der Waals surface area contributed by atoms with Crippen molar-refractivity contribution in [3.63, 3.8) is 0 Å². The molecule has 1 saturated heterocycles. The summed E-state index contributed by atoms with van der Waals surface area (Å²) in [7, 11) is 0. The first-order valence-electron chi connectivity index (χ1n) is 12.2. The normalized spacial score (nSPS) is 14.7. The summed E-state index contributed by atoms with van der Waals surface area (Å²) in [4.78, 5) is 23.3. The zero-order valence-corrected chi connectivity index (χ0v) is 21.5. The molecule has 35 heavy (non-hydrogen) atoms. The molecule has 1 aliphatic rings. The average molecular weight is 487 g/mol. The van der Waals surface area contributed by atoms with Crippen molar-refractivity contribution < 1.29 is 0 Å². The van der Waals surface area contributed by atoms with Crippen LogP contribution in [-0.4, -0.2) is 46.7 Å². The van der Waals surface area contributed by atoms with Gasteiger partial charge in [-0.25, -0.2) is 4.98 Å². The van der Waals surface area contributed by atoms with Crippen LogP contribution >= 0.6 is 11.6 Å². The van der Waals surface area contributed by atoms with Gasteiger partial charge in [-0.2, -0.15) is 0 Å². The van der Waals surface area contributed by atoms with Gasteiger partial charge >= 0.3 is 0 Å². The summed E-state index contributed by atoms with van der Waals surface area (Å²) in [5.41, 5.74) is 5.51. The molecule has 180 valence electrons. The Morgan fingerprint density at radius 3 is 2.23 bits per heavy atom. The van der Waals surface area contributed by atoms with E-state index in [0.717, 1.165) is 71.0 Å². The van der Waals surface area contributed by atoms with Gasteiger partial charge in [0.25, 0.3) is 5.56 Å². The number of hydrogen-bond donors (Lipinski definition) is 0. The van der Waals surface area contributed by atoms with E-state index in [2.05, 4.69) is 55.7 Å². The van der Waals surface area contributed by atoms with E-state index in [1.165, 1.54) is 0 Å². The molecule has 0 spiro atoms. The topological polar surface area (TPSA) is 41.4 Å². The third-order valence-corrected chi connectivity index (χ3v) is 7.37. The first-order valence-corrected chi connectivity index (χ1v) is 12.6. The lowest BCUT2D eigenvalue weighted by Crippen LogP contribution is -2.49. The summed E-state index contributed by atoms with van der Waals surface area (Å²) in [5.74, 6) is 0.876. The highest BCUT2D eigenvalue weighted by Gasteiger charge is 2.23. The number of benzene rings is 2. The van der Waals surface area contributed by atoms with Crippen molar-refractivity contribution >= 4 is 28.3 Å². The summed E-state index contributed by atoms with van der Waals surface area (Å²) in [6.45, 7) is 12.3. The van der Waals surface area contributed by atoms with E-state index in [4.69, 9.17) is 16.6 Å². The zero-order valence-electron chi connectivity index (χ0n) is 20.8. The fraction of sp³-hybridized carbons (Fsp3) is 0.310. The number of aromatic nitrogens is 2. The predicted molar refractivity (Wildman–Crippen MR) is 146 cm³/mol. The van der Waals surface area contributed by atoms with E-state index in [-0.39, 0.29) is 5.56 Å². The van der Waals surface area contributed by atoms with E-state index in [1.807, 2.05) is 41.0 Å². The Labute approximate surface area is 211 Å². The molecular formula is C29H31ClN4O. The van der Waals surface area contributed by atoms with E-state index in [0.29, 0.717) is 11.1 Å². The van der Waals surface area contributed by atoms with Crippen molar-refractivity contribution in [3.8, 4) is 16.9 Å². The Balaban J connectivity index is 1.78. The molecule has 0 saturated carbocycles. The van der Waals surface area contributed by atoms with Crippen molar-refractivity contribution in [2.24, 2.45) is 0 Å². The van der Waals surface area contributed by atoms with Crippen LogP contribution in [0.2, 0.25) is 5.02 Å². The largest absolute Gasteiger partial charge is 0.354 e. The summed E-state index contributed by atoms with van der Waals surface area (Å²) in [6, 6.07) is 20.0. The molecule has 0 amide bonds. The van der Waals surface area contributed by atoms with Crippen molar-refractivity contribution in [1.29, 1.82) is 0 Å². The Morgan fingerprint density at radius 2 is 1.57 bits per heavy atom. The van der Waals surface area contributed by atoms with Crippen LogP contribution in [0.15, 0.2) is 65.5 Å². The van der Waals surface area contributed by atoms with Crippen molar-refractivity contribution in [3.05, 3.63) is 87.2 Å². The van der Waals surface area contributed by atoms with Gasteiger partial charge in [0.15, 0.2) is 0 Å². The average Bonchev–Trinajstić information content (AvgIpc) is 2.85. The molecule has 2 aromatic carbocycles. The second kappa shape index (κ2) is 9.48. The minimum atomic E-state index is -0.0539. The van der Waals surface area contributed by atoms with Crippen molar-refractivity contribution in [2.75, 3.05) is 31.1 Å². The second-order valence-corrected chi connectivity index (χ2v) is 10.0. The quantitative estimate of drug-likeness (QED) is 0.362. The first kappa shape index (κ1) is 23.6. The van der Waals surface area contributed by atoms with Crippen LogP contribution in [0.5, 0.6) is 0 Å². The molecule has 4 aromatic rings. The van der Waals surface area contributed by atoms with E-state index in [1.54, 1.807) is 6.07 Å². The van der Waals surface area contributed by atoms with E-state index < -0.39 is 0 Å². The monoisotopic (exact) mass is 486 g/mol. The summed E-state index contributed by atoms with van der Waals surface area (Å²) >= 11 is 6.66. The highest BCUT2D eigenvalue weighted by atomic mass is 35.5. The molecule has 2 aromatic heterocycles. The number of rotatable bonds is 4. The molecule has 6 heteroatoms. The zero-order chi connectivity index (χ0) is 24.7. The van der Waals surface area contributed by atoms with Gasteiger partial charge in [0.05, 0.1) is 16.9 Å². The summed E-state index contributed by atoms with van der Waals surface area (Å²) in [6.07, 6.45) is 0. The fourth-order valence-corrected chi connectivity index (χ4v) is 5.33. The Bertz CT molecular complexity index is 1430. The number of hydrogen-bond acceptors (Lipinski definition) is 4. The smallest absolute Gasteiger partial charge is 0.255 e. The minimum absolute atomic E-state index is 0.0539. The molecule has 0 N–H and O–H groups in total. The maximum absolute atomic E-state index is 13.4. The van der Waals surface area contributed by atoms with Gasteiger partial charge < -0.3 is 4.90 Å². The Kier molecular flexibility index (Phi) is 6.39. The van der Waals surface area contributed by atoms with E-state index in [9.17, 15) is 4.79 Å². The van der Waals surface area contributed by atoms with Crippen molar-refractivity contribution in [1.82, 2.24) is 14.5 Å². The Morgan fingerprint density at radius 1 is 0.886 bits per heavy atom. The number of para-hydroxylation sites is 1. The van der Waals surface area contributed by atoms with Crippen LogP contribution in [0, 0.1) is 13.8 Å². The van der Waals surface area contributed by atoms with Gasteiger partial charge in [0.1, 0.15) is 5.82 Å². The Hall–Kier alpha value is -3.15. The van der Waals surface area contributed by atoms with Crippen LogP contribution in [0.3, 0.4) is 0 Å². The third kappa shape index (κ3) is 4.35. The molecule has 5 nitrogen and oxygen atoms in total. The number of fused-ring (bicyclic) bond motifs is 1. The number of piperazine rings is 1. The van der Waals surface area contributed by atoms with Gasteiger partial charge in [-0.3, -0.25) is 14.3 Å². The van der Waals surface area contributed by atoms with Crippen LogP contribution in [-0.2, 0) is 0 Å². The lowest BCUT2D eigenvalue weighted by Gasteiger charge is -2.37. The highest BCUT2D eigenvalue weighted by molar-refractivity contribution is 6.33. The third-order valence-electron chi connectivity index (χ3n) is 7.04. The SMILES string of the molecule is Cc1cccc(C)c1-n1c(=O)ccc2c(-c3ccccc3Cl)nc(N3CCN(C(C)C)CC3)cc21. The van der Waals surface area contributed by atoms with Gasteiger partial charge in [-0.1, -0.05) is 48.0 Å². The molecular weight excluding hydrogens is 456 g/mol. The predicted octanol–water partition coefficient (Wildman–Crippen LogP) is 5.85. The molecule has 3 heterocycles. The molecule has 0 radical (unpaired) electrons. The van der Waals surface area contributed by atoms with Gasteiger partial charge in [0.2, 0.25) is 0 Å². The molecule has 1 aliphatic heterocycles. The lowest BCUT2D eigenvalue weighted by molar-refractivity contribution is 0.209. The van der Waals surface area contributed by atoms with Gasteiger partial charge in [-0.05, 0) is 51.0 Å². The maximum Gasteiger partial charge on any atom is 0.255 e.